The molecule has 0 radical (unpaired) electrons. The highest BCUT2D eigenvalue weighted by Gasteiger charge is 2.23. The van der Waals surface area contributed by atoms with Crippen LogP contribution in [0.15, 0.2) is 24.3 Å². The lowest BCUT2D eigenvalue weighted by atomic mass is 10.1. The smallest absolute Gasteiger partial charge is 0.257 e. The van der Waals surface area contributed by atoms with Gasteiger partial charge in [-0.15, -0.1) is 10.2 Å². The van der Waals surface area contributed by atoms with Gasteiger partial charge in [0.1, 0.15) is 11.1 Å². The highest BCUT2D eigenvalue weighted by atomic mass is 32.1. The number of aromatic nitrogens is 2. The summed E-state index contributed by atoms with van der Waals surface area (Å²) in [7, 11) is 0. The summed E-state index contributed by atoms with van der Waals surface area (Å²) >= 11 is 1.36. The van der Waals surface area contributed by atoms with Gasteiger partial charge in [0.15, 0.2) is 0 Å². The number of carbonyl (C=O) groups excluding carboxylic acids is 2. The lowest BCUT2D eigenvalue weighted by Gasteiger charge is -2.11. The second kappa shape index (κ2) is 7.71. The Hall–Kier alpha value is -2.32. The second-order valence-electron chi connectivity index (χ2n) is 6.13. The number of hydrogen-bond acceptors (Lipinski definition) is 6. The summed E-state index contributed by atoms with van der Waals surface area (Å²) in [6.07, 6.45) is 1.20. The Labute approximate surface area is 149 Å². The maximum atomic E-state index is 12.4. The van der Waals surface area contributed by atoms with Crippen molar-refractivity contribution in [3.05, 3.63) is 34.8 Å². The van der Waals surface area contributed by atoms with Crippen molar-refractivity contribution in [2.75, 3.05) is 17.2 Å². The Morgan fingerprint density at radius 1 is 1.28 bits per heavy atom. The second-order valence-corrected chi connectivity index (χ2v) is 7.14. The average Bonchev–Trinajstić information content (AvgIpc) is 3.27. The summed E-state index contributed by atoms with van der Waals surface area (Å²) in [6, 6.07) is 6.78. The lowest BCUT2D eigenvalue weighted by Crippen LogP contribution is -2.27. The molecule has 0 saturated carbocycles. The summed E-state index contributed by atoms with van der Waals surface area (Å²) < 4.78 is 5.36. The molecule has 2 amide bonds. The van der Waals surface area contributed by atoms with Crippen LogP contribution >= 0.6 is 11.3 Å². The Morgan fingerprint density at radius 2 is 2.12 bits per heavy atom. The Morgan fingerprint density at radius 3 is 2.80 bits per heavy atom. The van der Waals surface area contributed by atoms with Gasteiger partial charge in [0.2, 0.25) is 5.13 Å². The van der Waals surface area contributed by atoms with Crippen LogP contribution in [0.25, 0.3) is 0 Å². The van der Waals surface area contributed by atoms with Crippen molar-refractivity contribution in [2.24, 2.45) is 0 Å². The van der Waals surface area contributed by atoms with E-state index in [1.54, 1.807) is 24.3 Å². The van der Waals surface area contributed by atoms with Gasteiger partial charge in [-0.3, -0.25) is 14.9 Å². The van der Waals surface area contributed by atoms with Gasteiger partial charge in [-0.2, -0.15) is 0 Å². The van der Waals surface area contributed by atoms with Gasteiger partial charge in [0, 0.05) is 23.8 Å². The number of anilines is 2. The van der Waals surface area contributed by atoms with Gasteiger partial charge in [-0.25, -0.2) is 0 Å². The van der Waals surface area contributed by atoms with Crippen molar-refractivity contribution in [3.63, 3.8) is 0 Å². The summed E-state index contributed by atoms with van der Waals surface area (Å²) in [4.78, 5) is 24.5. The van der Waals surface area contributed by atoms with E-state index in [2.05, 4.69) is 20.8 Å². The number of amides is 2. The molecule has 1 fully saturated rings. The molecule has 1 atom stereocenters. The number of hydrogen-bond donors (Lipinski definition) is 2. The van der Waals surface area contributed by atoms with Crippen LogP contribution in [-0.2, 0) is 9.53 Å². The quantitative estimate of drug-likeness (QED) is 0.855. The maximum absolute atomic E-state index is 12.4. The van der Waals surface area contributed by atoms with Gasteiger partial charge in [-0.05, 0) is 31.0 Å². The molecular formula is C17H20N4O3S. The first-order valence-electron chi connectivity index (χ1n) is 8.20. The molecule has 3 rings (SSSR count). The minimum absolute atomic E-state index is 0.180. The predicted molar refractivity (Wildman–Crippen MR) is 96.0 cm³/mol. The highest BCUT2D eigenvalue weighted by Crippen LogP contribution is 2.23. The van der Waals surface area contributed by atoms with Gasteiger partial charge in [0.05, 0.1) is 0 Å². The van der Waals surface area contributed by atoms with E-state index in [1.165, 1.54) is 11.3 Å². The number of nitrogens with one attached hydrogen (secondary N) is 2. The van der Waals surface area contributed by atoms with E-state index >= 15 is 0 Å². The zero-order valence-corrected chi connectivity index (χ0v) is 14.9. The lowest BCUT2D eigenvalue weighted by molar-refractivity contribution is -0.124. The summed E-state index contributed by atoms with van der Waals surface area (Å²) in [6.45, 7) is 4.65. The van der Waals surface area contributed by atoms with Crippen molar-refractivity contribution in [3.8, 4) is 0 Å². The molecule has 1 saturated heterocycles. The van der Waals surface area contributed by atoms with E-state index in [4.69, 9.17) is 4.74 Å². The van der Waals surface area contributed by atoms with E-state index in [9.17, 15) is 9.59 Å². The maximum Gasteiger partial charge on any atom is 0.257 e. The van der Waals surface area contributed by atoms with Gasteiger partial charge < -0.3 is 10.1 Å². The van der Waals surface area contributed by atoms with E-state index < -0.39 is 6.10 Å². The largest absolute Gasteiger partial charge is 0.368 e. The fourth-order valence-electron chi connectivity index (χ4n) is 2.43. The van der Waals surface area contributed by atoms with E-state index in [1.807, 2.05) is 13.8 Å². The standard InChI is InChI=1S/C17H20N4O3S/c1-10(2)16-20-21-17(25-16)19-14(22)11-5-3-6-12(9-11)18-15(23)13-7-4-8-24-13/h3,5-6,9-10,13H,4,7-8H2,1-2H3,(H,18,23)(H,19,21,22). The highest BCUT2D eigenvalue weighted by molar-refractivity contribution is 7.15. The molecule has 0 spiro atoms. The number of benzene rings is 1. The molecule has 1 aliphatic rings. The molecule has 2 aromatic rings. The Balaban J connectivity index is 1.65. The van der Waals surface area contributed by atoms with Crippen LogP contribution in [0, 0.1) is 0 Å². The third kappa shape index (κ3) is 4.40. The van der Waals surface area contributed by atoms with Gasteiger partial charge in [-0.1, -0.05) is 31.3 Å². The molecule has 1 aromatic heterocycles. The van der Waals surface area contributed by atoms with Crippen molar-refractivity contribution in [1.29, 1.82) is 0 Å². The first-order valence-corrected chi connectivity index (χ1v) is 9.02. The number of carbonyl (C=O) groups is 2. The number of ether oxygens (including phenoxy) is 1. The zero-order valence-electron chi connectivity index (χ0n) is 14.1. The minimum atomic E-state index is -0.409. The van der Waals surface area contributed by atoms with Crippen LogP contribution in [0.3, 0.4) is 0 Å². The molecule has 8 heteroatoms. The molecular weight excluding hydrogens is 340 g/mol. The normalized spacial score (nSPS) is 16.8. The molecule has 1 aromatic carbocycles. The fraction of sp³-hybridized carbons (Fsp3) is 0.412. The predicted octanol–water partition coefficient (Wildman–Crippen LogP) is 3.03. The summed E-state index contributed by atoms with van der Waals surface area (Å²) in [5, 5.41) is 14.9. The van der Waals surface area contributed by atoms with Crippen molar-refractivity contribution in [2.45, 2.75) is 38.7 Å². The van der Waals surface area contributed by atoms with Crippen LogP contribution in [-0.4, -0.2) is 34.7 Å². The molecule has 25 heavy (non-hydrogen) atoms. The summed E-state index contributed by atoms with van der Waals surface area (Å²) in [5.74, 6) is -0.208. The monoisotopic (exact) mass is 360 g/mol. The third-order valence-corrected chi connectivity index (χ3v) is 4.91. The SMILES string of the molecule is CC(C)c1nnc(NC(=O)c2cccc(NC(=O)C3CCCO3)c2)s1. The Bertz CT molecular complexity index is 769. The van der Waals surface area contributed by atoms with Crippen LogP contribution in [0.1, 0.15) is 48.0 Å². The van der Waals surface area contributed by atoms with Crippen molar-refractivity contribution >= 4 is 34.0 Å². The molecule has 0 aliphatic carbocycles. The first kappa shape index (κ1) is 17.5. The van der Waals surface area contributed by atoms with Crippen LogP contribution in [0.2, 0.25) is 0 Å². The van der Waals surface area contributed by atoms with Gasteiger partial charge in [0.25, 0.3) is 11.8 Å². The Kier molecular flexibility index (Phi) is 5.40. The molecule has 0 bridgehead atoms. The average molecular weight is 360 g/mol. The van der Waals surface area contributed by atoms with Crippen LogP contribution in [0.4, 0.5) is 10.8 Å². The molecule has 2 heterocycles. The topological polar surface area (TPSA) is 93.2 Å². The molecule has 2 N–H and O–H groups in total. The van der Waals surface area contributed by atoms with Crippen molar-refractivity contribution in [1.82, 2.24) is 10.2 Å². The number of rotatable bonds is 5. The number of nitrogens with zero attached hydrogens (tertiary/aromatic N) is 2. The first-order chi connectivity index (χ1) is 12.0. The molecule has 132 valence electrons. The van der Waals surface area contributed by atoms with E-state index in [-0.39, 0.29) is 17.7 Å². The molecule has 1 aliphatic heterocycles. The third-order valence-electron chi connectivity index (χ3n) is 3.77. The summed E-state index contributed by atoms with van der Waals surface area (Å²) in [5.41, 5.74) is 1.000. The van der Waals surface area contributed by atoms with Gasteiger partial charge >= 0.3 is 0 Å². The fourth-order valence-corrected chi connectivity index (χ4v) is 3.17. The van der Waals surface area contributed by atoms with Crippen LogP contribution < -0.4 is 10.6 Å². The molecule has 1 unspecified atom stereocenters. The van der Waals surface area contributed by atoms with Crippen molar-refractivity contribution < 1.29 is 14.3 Å². The molecule has 7 nitrogen and oxygen atoms in total. The minimum Gasteiger partial charge on any atom is -0.368 e. The van der Waals surface area contributed by atoms with Crippen LogP contribution in [0.5, 0.6) is 0 Å². The zero-order chi connectivity index (χ0) is 17.8. The van der Waals surface area contributed by atoms with E-state index in [0.717, 1.165) is 17.8 Å². The van der Waals surface area contributed by atoms with E-state index in [0.29, 0.717) is 23.0 Å².